The van der Waals surface area contributed by atoms with Crippen molar-refractivity contribution in [1.29, 1.82) is 0 Å². The molecule has 0 aliphatic carbocycles. The van der Waals surface area contributed by atoms with Crippen LogP contribution >= 0.6 is 34.8 Å². The topological polar surface area (TPSA) is 30.5 Å². The van der Waals surface area contributed by atoms with Crippen LogP contribution in [0.1, 0.15) is 23.6 Å². The van der Waals surface area contributed by atoms with E-state index in [-0.39, 0.29) is 6.04 Å². The first-order valence-corrected chi connectivity index (χ1v) is 8.40. The SMILES string of the molecule is COc1c(Cl)cc(Cl)cc1CNC1CCOc2c(Cl)cccc21. The molecule has 23 heavy (non-hydrogen) atoms. The molecule has 0 amide bonds. The van der Waals surface area contributed by atoms with Crippen LogP contribution in [-0.4, -0.2) is 13.7 Å². The minimum Gasteiger partial charge on any atom is -0.495 e. The molecule has 0 spiro atoms. The molecule has 1 heterocycles. The molecule has 3 rings (SSSR count). The first-order chi connectivity index (χ1) is 11.1. The summed E-state index contributed by atoms with van der Waals surface area (Å²) < 4.78 is 11.1. The minimum atomic E-state index is 0.153. The lowest BCUT2D eigenvalue weighted by Gasteiger charge is -2.27. The number of methoxy groups -OCH3 is 1. The molecule has 6 heteroatoms. The number of hydrogen-bond acceptors (Lipinski definition) is 3. The molecule has 1 aliphatic rings. The van der Waals surface area contributed by atoms with Crippen molar-refractivity contribution in [2.45, 2.75) is 19.0 Å². The molecule has 0 saturated heterocycles. The van der Waals surface area contributed by atoms with Crippen molar-refractivity contribution in [2.75, 3.05) is 13.7 Å². The first kappa shape index (κ1) is 16.7. The van der Waals surface area contributed by atoms with E-state index in [2.05, 4.69) is 5.32 Å². The predicted molar refractivity (Wildman–Crippen MR) is 94.2 cm³/mol. The van der Waals surface area contributed by atoms with Gasteiger partial charge in [-0.3, -0.25) is 0 Å². The maximum absolute atomic E-state index is 6.21. The number of rotatable bonds is 4. The summed E-state index contributed by atoms with van der Waals surface area (Å²) in [6.07, 6.45) is 0.865. The van der Waals surface area contributed by atoms with Gasteiger partial charge in [0.25, 0.3) is 0 Å². The summed E-state index contributed by atoms with van der Waals surface area (Å²) in [5.41, 5.74) is 1.98. The van der Waals surface area contributed by atoms with E-state index < -0.39 is 0 Å². The van der Waals surface area contributed by atoms with Crippen LogP contribution in [0.15, 0.2) is 30.3 Å². The van der Waals surface area contributed by atoms with E-state index in [0.29, 0.717) is 34.0 Å². The van der Waals surface area contributed by atoms with E-state index in [0.717, 1.165) is 23.3 Å². The lowest BCUT2D eigenvalue weighted by molar-refractivity contribution is 0.252. The van der Waals surface area contributed by atoms with E-state index in [9.17, 15) is 0 Å². The average molecular weight is 373 g/mol. The fourth-order valence-electron chi connectivity index (χ4n) is 2.81. The van der Waals surface area contributed by atoms with Crippen LogP contribution in [0.4, 0.5) is 0 Å². The molecule has 0 aromatic heterocycles. The fraction of sp³-hybridized carbons (Fsp3) is 0.294. The molecule has 2 aromatic carbocycles. The Morgan fingerprint density at radius 2 is 2.04 bits per heavy atom. The monoisotopic (exact) mass is 371 g/mol. The molecule has 0 fully saturated rings. The third-order valence-electron chi connectivity index (χ3n) is 3.85. The lowest BCUT2D eigenvalue weighted by atomic mass is 10.00. The second kappa shape index (κ2) is 7.18. The molecule has 1 unspecified atom stereocenters. The zero-order chi connectivity index (χ0) is 16.4. The number of benzene rings is 2. The molecule has 3 nitrogen and oxygen atoms in total. The highest BCUT2D eigenvalue weighted by atomic mass is 35.5. The van der Waals surface area contributed by atoms with Gasteiger partial charge in [0.05, 0.1) is 23.8 Å². The van der Waals surface area contributed by atoms with Gasteiger partial charge in [-0.05, 0) is 18.2 Å². The summed E-state index contributed by atoms with van der Waals surface area (Å²) in [4.78, 5) is 0. The number of nitrogens with one attached hydrogen (secondary N) is 1. The molecule has 0 saturated carbocycles. The van der Waals surface area contributed by atoms with Crippen molar-refractivity contribution in [3.8, 4) is 11.5 Å². The van der Waals surface area contributed by atoms with Crippen molar-refractivity contribution in [3.63, 3.8) is 0 Å². The largest absolute Gasteiger partial charge is 0.495 e. The quantitative estimate of drug-likeness (QED) is 0.793. The highest BCUT2D eigenvalue weighted by Gasteiger charge is 2.23. The number of hydrogen-bond donors (Lipinski definition) is 1. The molecule has 1 aliphatic heterocycles. The Hall–Kier alpha value is -1.13. The van der Waals surface area contributed by atoms with Crippen LogP contribution in [-0.2, 0) is 6.54 Å². The first-order valence-electron chi connectivity index (χ1n) is 7.26. The molecular formula is C17H16Cl3NO2. The van der Waals surface area contributed by atoms with Gasteiger partial charge in [-0.2, -0.15) is 0 Å². The summed E-state index contributed by atoms with van der Waals surface area (Å²) in [5.74, 6) is 1.40. The van der Waals surface area contributed by atoms with Gasteiger partial charge < -0.3 is 14.8 Å². The standard InChI is InChI=1S/C17H16Cl3NO2/c1-22-16-10(7-11(18)8-14(16)20)9-21-15-5-6-23-17-12(15)3-2-4-13(17)19/h2-4,7-8,15,21H,5-6,9H2,1H3. The van der Waals surface area contributed by atoms with Crippen LogP contribution in [0.2, 0.25) is 15.1 Å². The van der Waals surface area contributed by atoms with Crippen LogP contribution in [0.3, 0.4) is 0 Å². The Balaban J connectivity index is 1.82. The summed E-state index contributed by atoms with van der Waals surface area (Å²) in [6.45, 7) is 1.21. The third-order valence-corrected chi connectivity index (χ3v) is 4.65. The van der Waals surface area contributed by atoms with Crippen molar-refractivity contribution >= 4 is 34.8 Å². The van der Waals surface area contributed by atoms with Gasteiger partial charge in [-0.1, -0.05) is 46.9 Å². The van der Waals surface area contributed by atoms with E-state index in [1.54, 1.807) is 13.2 Å². The minimum absolute atomic E-state index is 0.153. The van der Waals surface area contributed by atoms with E-state index in [4.69, 9.17) is 44.3 Å². The van der Waals surface area contributed by atoms with E-state index in [1.807, 2.05) is 24.3 Å². The molecule has 1 atom stereocenters. The Morgan fingerprint density at radius 1 is 1.22 bits per heavy atom. The van der Waals surface area contributed by atoms with Gasteiger partial charge >= 0.3 is 0 Å². The highest BCUT2D eigenvalue weighted by Crippen LogP contribution is 2.38. The second-order valence-corrected chi connectivity index (χ2v) is 6.56. The van der Waals surface area contributed by atoms with Crippen molar-refractivity contribution in [3.05, 3.63) is 56.5 Å². The second-order valence-electron chi connectivity index (χ2n) is 5.31. The molecule has 0 radical (unpaired) electrons. The summed E-state index contributed by atoms with van der Waals surface area (Å²) in [7, 11) is 1.60. The summed E-state index contributed by atoms with van der Waals surface area (Å²) >= 11 is 18.5. The summed E-state index contributed by atoms with van der Waals surface area (Å²) in [5, 5.41) is 5.24. The molecular weight excluding hydrogens is 357 g/mol. The fourth-order valence-corrected chi connectivity index (χ4v) is 3.65. The van der Waals surface area contributed by atoms with Crippen molar-refractivity contribution in [2.24, 2.45) is 0 Å². The lowest BCUT2D eigenvalue weighted by Crippen LogP contribution is -2.27. The van der Waals surface area contributed by atoms with Crippen LogP contribution in [0.5, 0.6) is 11.5 Å². The Labute approximate surface area is 150 Å². The zero-order valence-corrected chi connectivity index (χ0v) is 14.8. The molecule has 0 bridgehead atoms. The Kier molecular flexibility index (Phi) is 5.22. The van der Waals surface area contributed by atoms with Gasteiger partial charge in [0.2, 0.25) is 0 Å². The number of fused-ring (bicyclic) bond motifs is 1. The smallest absolute Gasteiger partial charge is 0.142 e. The maximum Gasteiger partial charge on any atom is 0.142 e. The average Bonchev–Trinajstić information content (AvgIpc) is 2.53. The van der Waals surface area contributed by atoms with Crippen molar-refractivity contribution < 1.29 is 9.47 Å². The van der Waals surface area contributed by atoms with E-state index in [1.165, 1.54) is 0 Å². The third kappa shape index (κ3) is 3.53. The van der Waals surface area contributed by atoms with Gasteiger partial charge in [0.1, 0.15) is 11.5 Å². The number of ether oxygens (including phenoxy) is 2. The van der Waals surface area contributed by atoms with Crippen LogP contribution < -0.4 is 14.8 Å². The highest BCUT2D eigenvalue weighted by molar-refractivity contribution is 6.35. The summed E-state index contributed by atoms with van der Waals surface area (Å²) in [6, 6.07) is 9.48. The van der Waals surface area contributed by atoms with Gasteiger partial charge in [-0.15, -0.1) is 0 Å². The maximum atomic E-state index is 6.21. The molecule has 122 valence electrons. The number of para-hydroxylation sites is 1. The Morgan fingerprint density at radius 3 is 2.83 bits per heavy atom. The van der Waals surface area contributed by atoms with Gasteiger partial charge in [0.15, 0.2) is 0 Å². The number of halogens is 3. The van der Waals surface area contributed by atoms with Crippen LogP contribution in [0, 0.1) is 0 Å². The normalized spacial score (nSPS) is 16.6. The predicted octanol–water partition coefficient (Wildman–Crippen LogP) is 5.27. The molecule has 2 aromatic rings. The van der Waals surface area contributed by atoms with Crippen molar-refractivity contribution in [1.82, 2.24) is 5.32 Å². The van der Waals surface area contributed by atoms with Crippen LogP contribution in [0.25, 0.3) is 0 Å². The van der Waals surface area contributed by atoms with Gasteiger partial charge in [0, 0.05) is 35.2 Å². The van der Waals surface area contributed by atoms with Gasteiger partial charge in [-0.25, -0.2) is 0 Å². The van der Waals surface area contributed by atoms with E-state index >= 15 is 0 Å². The zero-order valence-electron chi connectivity index (χ0n) is 12.5. The molecule has 1 N–H and O–H groups in total. The Bertz CT molecular complexity index is 721.